The van der Waals surface area contributed by atoms with Crippen LogP contribution in [0.3, 0.4) is 0 Å². The summed E-state index contributed by atoms with van der Waals surface area (Å²) in [7, 11) is 1.97. The van der Waals surface area contributed by atoms with Gasteiger partial charge in [0.25, 0.3) is 0 Å². The van der Waals surface area contributed by atoms with E-state index in [1.807, 2.05) is 7.05 Å². The number of ether oxygens (including phenoxy) is 1. The summed E-state index contributed by atoms with van der Waals surface area (Å²) in [5.74, 6) is 2.12. The molecule has 1 N–H and O–H groups in total. The number of rotatable bonds is 9. The van der Waals surface area contributed by atoms with Gasteiger partial charge < -0.3 is 10.1 Å². The van der Waals surface area contributed by atoms with Gasteiger partial charge in [0.15, 0.2) is 0 Å². The van der Waals surface area contributed by atoms with E-state index in [9.17, 15) is 13.2 Å². The zero-order valence-corrected chi connectivity index (χ0v) is 13.3. The Kier molecular flexibility index (Phi) is 8.64. The molecular weight excluding hydrogens is 279 g/mol. The number of halogens is 3. The first kappa shape index (κ1) is 18.8. The van der Waals surface area contributed by atoms with Crippen LogP contribution in [0.25, 0.3) is 0 Å². The Morgan fingerprint density at radius 2 is 1.90 bits per heavy atom. The minimum Gasteiger partial charge on any atom is -0.372 e. The third-order valence-corrected chi connectivity index (χ3v) is 4.54. The van der Waals surface area contributed by atoms with Crippen molar-refractivity contribution in [3.8, 4) is 0 Å². The minimum atomic E-state index is -4.20. The molecule has 1 aliphatic rings. The molecule has 0 amide bonds. The van der Waals surface area contributed by atoms with Crippen molar-refractivity contribution in [3.05, 3.63) is 0 Å². The highest BCUT2D eigenvalue weighted by atomic mass is 19.4. The van der Waals surface area contributed by atoms with Crippen LogP contribution in [0.2, 0.25) is 0 Å². The van der Waals surface area contributed by atoms with Gasteiger partial charge in [0.1, 0.15) is 6.61 Å². The maximum absolute atomic E-state index is 12.0. The summed E-state index contributed by atoms with van der Waals surface area (Å²) >= 11 is 0. The standard InChI is InChI=1S/C16H30F3NO/c1-3-5-13-7-8-15(11-20-2)14(10-13)6-4-9-21-12-16(17,18)19/h13-15,20H,3-12H2,1-2H3. The highest BCUT2D eigenvalue weighted by molar-refractivity contribution is 4.81. The smallest absolute Gasteiger partial charge is 0.372 e. The van der Waals surface area contributed by atoms with Crippen molar-refractivity contribution in [1.29, 1.82) is 0 Å². The minimum absolute atomic E-state index is 0.223. The fourth-order valence-corrected chi connectivity index (χ4v) is 3.61. The van der Waals surface area contributed by atoms with E-state index in [4.69, 9.17) is 4.74 Å². The predicted molar refractivity (Wildman–Crippen MR) is 79.3 cm³/mol. The number of nitrogens with one attached hydrogen (secondary N) is 1. The molecule has 0 aromatic heterocycles. The van der Waals surface area contributed by atoms with Crippen molar-refractivity contribution in [2.75, 3.05) is 26.8 Å². The molecule has 5 heteroatoms. The molecule has 126 valence electrons. The topological polar surface area (TPSA) is 21.3 Å². The number of alkyl halides is 3. The molecule has 0 saturated heterocycles. The van der Waals surface area contributed by atoms with Gasteiger partial charge in [0.2, 0.25) is 0 Å². The van der Waals surface area contributed by atoms with E-state index in [0.717, 1.165) is 25.3 Å². The molecule has 0 spiro atoms. The van der Waals surface area contributed by atoms with Gasteiger partial charge in [-0.15, -0.1) is 0 Å². The molecule has 1 fully saturated rings. The molecule has 2 nitrogen and oxygen atoms in total. The van der Waals surface area contributed by atoms with Gasteiger partial charge in [-0.1, -0.05) is 26.2 Å². The Morgan fingerprint density at radius 3 is 2.52 bits per heavy atom. The third-order valence-electron chi connectivity index (χ3n) is 4.54. The predicted octanol–water partition coefficient (Wildman–Crippen LogP) is 4.40. The molecule has 0 heterocycles. The van der Waals surface area contributed by atoms with E-state index in [1.54, 1.807) is 0 Å². The Hall–Kier alpha value is -0.290. The van der Waals surface area contributed by atoms with Crippen molar-refractivity contribution in [1.82, 2.24) is 5.32 Å². The molecule has 3 atom stereocenters. The molecule has 0 aromatic carbocycles. The molecule has 1 saturated carbocycles. The average molecular weight is 309 g/mol. The Morgan fingerprint density at radius 1 is 1.14 bits per heavy atom. The third kappa shape index (κ3) is 8.05. The first-order valence-electron chi connectivity index (χ1n) is 8.25. The van der Waals surface area contributed by atoms with E-state index in [-0.39, 0.29) is 6.61 Å². The van der Waals surface area contributed by atoms with Crippen molar-refractivity contribution in [2.45, 2.75) is 58.0 Å². The fourth-order valence-electron chi connectivity index (χ4n) is 3.61. The molecule has 0 radical (unpaired) electrons. The summed E-state index contributed by atoms with van der Waals surface area (Å²) in [5, 5.41) is 3.26. The molecule has 1 aliphatic carbocycles. The molecular formula is C16H30F3NO. The van der Waals surface area contributed by atoms with E-state index in [2.05, 4.69) is 12.2 Å². The van der Waals surface area contributed by atoms with Crippen LogP contribution >= 0.6 is 0 Å². The van der Waals surface area contributed by atoms with Crippen molar-refractivity contribution < 1.29 is 17.9 Å². The van der Waals surface area contributed by atoms with Crippen molar-refractivity contribution in [3.63, 3.8) is 0 Å². The van der Waals surface area contributed by atoms with E-state index < -0.39 is 12.8 Å². The van der Waals surface area contributed by atoms with Crippen LogP contribution < -0.4 is 5.32 Å². The van der Waals surface area contributed by atoms with Gasteiger partial charge in [0, 0.05) is 6.61 Å². The quantitative estimate of drug-likeness (QED) is 0.638. The monoisotopic (exact) mass is 309 g/mol. The van der Waals surface area contributed by atoms with Crippen LogP contribution in [0.1, 0.15) is 51.9 Å². The largest absolute Gasteiger partial charge is 0.411 e. The zero-order valence-electron chi connectivity index (χ0n) is 13.3. The summed E-state index contributed by atoms with van der Waals surface area (Å²) in [6.45, 7) is 2.35. The summed E-state index contributed by atoms with van der Waals surface area (Å²) in [6.07, 6.45) is 3.83. The number of hydrogen-bond acceptors (Lipinski definition) is 2. The second kappa shape index (κ2) is 9.67. The first-order chi connectivity index (χ1) is 9.96. The normalized spacial score (nSPS) is 27.0. The Bertz CT molecular complexity index is 271. The van der Waals surface area contributed by atoms with Crippen LogP contribution in [-0.2, 0) is 4.74 Å². The lowest BCUT2D eigenvalue weighted by atomic mass is 9.71. The van der Waals surface area contributed by atoms with E-state index in [0.29, 0.717) is 11.8 Å². The zero-order chi connectivity index (χ0) is 15.7. The Labute approximate surface area is 126 Å². The Balaban J connectivity index is 2.29. The summed E-state index contributed by atoms with van der Waals surface area (Å²) in [6, 6.07) is 0. The summed E-state index contributed by atoms with van der Waals surface area (Å²) in [5.41, 5.74) is 0. The second-order valence-corrected chi connectivity index (χ2v) is 6.36. The molecule has 21 heavy (non-hydrogen) atoms. The van der Waals surface area contributed by atoms with Gasteiger partial charge in [-0.2, -0.15) is 13.2 Å². The van der Waals surface area contributed by atoms with Crippen LogP contribution in [0.4, 0.5) is 13.2 Å². The van der Waals surface area contributed by atoms with Gasteiger partial charge in [-0.05, 0) is 57.0 Å². The SMILES string of the molecule is CCCC1CCC(CNC)C(CCCOCC(F)(F)F)C1. The van der Waals surface area contributed by atoms with Gasteiger partial charge in [-0.3, -0.25) is 0 Å². The maximum atomic E-state index is 12.0. The first-order valence-corrected chi connectivity index (χ1v) is 8.25. The molecule has 0 aliphatic heterocycles. The lowest BCUT2D eigenvalue weighted by Crippen LogP contribution is -2.32. The van der Waals surface area contributed by atoms with Crippen LogP contribution in [0, 0.1) is 17.8 Å². The fraction of sp³-hybridized carbons (Fsp3) is 1.00. The van der Waals surface area contributed by atoms with Gasteiger partial charge in [0.05, 0.1) is 0 Å². The van der Waals surface area contributed by atoms with Crippen LogP contribution in [0.15, 0.2) is 0 Å². The second-order valence-electron chi connectivity index (χ2n) is 6.36. The highest BCUT2D eigenvalue weighted by Crippen LogP contribution is 2.38. The number of hydrogen-bond donors (Lipinski definition) is 1. The van der Waals surface area contributed by atoms with Gasteiger partial charge >= 0.3 is 6.18 Å². The summed E-state index contributed by atoms with van der Waals surface area (Å²) in [4.78, 5) is 0. The lowest BCUT2D eigenvalue weighted by Gasteiger charge is -2.36. The highest BCUT2D eigenvalue weighted by Gasteiger charge is 2.30. The average Bonchev–Trinajstić information content (AvgIpc) is 2.40. The van der Waals surface area contributed by atoms with E-state index >= 15 is 0 Å². The lowest BCUT2D eigenvalue weighted by molar-refractivity contribution is -0.174. The van der Waals surface area contributed by atoms with Crippen LogP contribution in [-0.4, -0.2) is 33.0 Å². The molecule has 3 unspecified atom stereocenters. The molecule has 0 bridgehead atoms. The van der Waals surface area contributed by atoms with Crippen molar-refractivity contribution >= 4 is 0 Å². The molecule has 0 aromatic rings. The van der Waals surface area contributed by atoms with Gasteiger partial charge in [-0.25, -0.2) is 0 Å². The van der Waals surface area contributed by atoms with Crippen LogP contribution in [0.5, 0.6) is 0 Å². The maximum Gasteiger partial charge on any atom is 0.411 e. The van der Waals surface area contributed by atoms with Crippen molar-refractivity contribution in [2.24, 2.45) is 17.8 Å². The summed E-state index contributed by atoms with van der Waals surface area (Å²) < 4.78 is 40.7. The molecule has 1 rings (SSSR count). The van der Waals surface area contributed by atoms with E-state index in [1.165, 1.54) is 32.1 Å².